The van der Waals surface area contributed by atoms with Gasteiger partial charge in [-0.05, 0) is 68.9 Å². The first-order valence-corrected chi connectivity index (χ1v) is 8.94. The van der Waals surface area contributed by atoms with Crippen LogP contribution in [0.4, 0.5) is 8.78 Å². The predicted octanol–water partition coefficient (Wildman–Crippen LogP) is 6.85. The molecule has 1 aliphatic rings. The maximum absolute atomic E-state index is 14.4. The Morgan fingerprint density at radius 2 is 2.04 bits per heavy atom. The largest absolute Gasteiger partial charge is 0.203 e. The molecule has 126 valence electrons. The summed E-state index contributed by atoms with van der Waals surface area (Å²) in [7, 11) is 0. The van der Waals surface area contributed by atoms with Crippen LogP contribution in [0.15, 0.2) is 30.4 Å². The molecule has 0 heterocycles. The highest BCUT2D eigenvalue weighted by atomic mass is 19.2. The minimum Gasteiger partial charge on any atom is -0.203 e. The number of rotatable bonds is 7. The summed E-state index contributed by atoms with van der Waals surface area (Å²) < 4.78 is 28.6. The Morgan fingerprint density at radius 3 is 2.70 bits per heavy atom. The number of aryl methyl sites for hydroxylation is 1. The van der Waals surface area contributed by atoms with E-state index in [4.69, 9.17) is 0 Å². The van der Waals surface area contributed by atoms with Crippen molar-refractivity contribution < 1.29 is 8.78 Å². The molecule has 1 unspecified atom stereocenters. The first-order valence-electron chi connectivity index (χ1n) is 8.94. The fraction of sp³-hybridized carbons (Fsp3) is 0.524. The van der Waals surface area contributed by atoms with Crippen molar-refractivity contribution in [2.24, 2.45) is 5.92 Å². The smallest absolute Gasteiger partial charge is 0.166 e. The summed E-state index contributed by atoms with van der Waals surface area (Å²) in [5.74, 6) is -0.629. The Balaban J connectivity index is 2.06. The third-order valence-electron chi connectivity index (χ3n) is 4.80. The Bertz CT molecular complexity index is 569. The molecule has 1 aromatic carbocycles. The topological polar surface area (TPSA) is 0 Å². The molecule has 0 nitrogen and oxygen atoms in total. The maximum atomic E-state index is 14.4. The summed E-state index contributed by atoms with van der Waals surface area (Å²) in [5, 5.41) is 0. The average molecular weight is 318 g/mol. The van der Waals surface area contributed by atoms with Gasteiger partial charge < -0.3 is 0 Å². The van der Waals surface area contributed by atoms with Gasteiger partial charge in [0.05, 0.1) is 0 Å². The number of allylic oxidation sites excluding steroid dienone is 4. The van der Waals surface area contributed by atoms with E-state index in [0.717, 1.165) is 44.1 Å². The van der Waals surface area contributed by atoms with E-state index in [1.54, 1.807) is 12.1 Å². The molecule has 2 heteroatoms. The van der Waals surface area contributed by atoms with Gasteiger partial charge in [-0.1, -0.05) is 43.7 Å². The quantitative estimate of drug-likeness (QED) is 0.482. The molecule has 2 rings (SSSR count). The molecule has 23 heavy (non-hydrogen) atoms. The van der Waals surface area contributed by atoms with Gasteiger partial charge in [0.1, 0.15) is 0 Å². The van der Waals surface area contributed by atoms with Crippen LogP contribution in [0.25, 0.3) is 5.57 Å². The Labute approximate surface area is 139 Å². The molecule has 0 radical (unpaired) electrons. The predicted molar refractivity (Wildman–Crippen MR) is 94.3 cm³/mol. The van der Waals surface area contributed by atoms with Crippen LogP contribution in [-0.2, 0) is 6.42 Å². The molecule has 0 bridgehead atoms. The molecule has 1 aliphatic carbocycles. The highest BCUT2D eigenvalue weighted by molar-refractivity contribution is 5.67. The number of halogens is 2. The van der Waals surface area contributed by atoms with Gasteiger partial charge in [0.15, 0.2) is 11.6 Å². The fourth-order valence-electron chi connectivity index (χ4n) is 3.29. The van der Waals surface area contributed by atoms with Gasteiger partial charge in [0.25, 0.3) is 0 Å². The van der Waals surface area contributed by atoms with Gasteiger partial charge in [-0.15, -0.1) is 0 Å². The lowest BCUT2D eigenvalue weighted by atomic mass is 9.84. The Morgan fingerprint density at radius 1 is 1.22 bits per heavy atom. The molecule has 0 spiro atoms. The molecular weight excluding hydrogens is 290 g/mol. The van der Waals surface area contributed by atoms with Crippen molar-refractivity contribution in [1.82, 2.24) is 0 Å². The van der Waals surface area contributed by atoms with Gasteiger partial charge in [0, 0.05) is 5.56 Å². The first-order chi connectivity index (χ1) is 11.2. The number of hydrogen-bond acceptors (Lipinski definition) is 0. The summed E-state index contributed by atoms with van der Waals surface area (Å²) in [6.45, 7) is 4.10. The summed E-state index contributed by atoms with van der Waals surface area (Å²) in [4.78, 5) is 0. The number of hydrogen-bond donors (Lipinski definition) is 0. The second-order valence-corrected chi connectivity index (χ2v) is 6.52. The van der Waals surface area contributed by atoms with Crippen molar-refractivity contribution >= 4 is 5.57 Å². The third kappa shape index (κ3) is 4.76. The van der Waals surface area contributed by atoms with E-state index >= 15 is 0 Å². The van der Waals surface area contributed by atoms with E-state index in [9.17, 15) is 8.78 Å². The van der Waals surface area contributed by atoms with Crippen LogP contribution in [0.1, 0.15) is 69.9 Å². The molecular formula is C21H28F2. The van der Waals surface area contributed by atoms with Crippen LogP contribution in [0.3, 0.4) is 0 Å². The molecule has 1 atom stereocenters. The summed E-state index contributed by atoms with van der Waals surface area (Å²) >= 11 is 0. The Hall–Kier alpha value is -1.44. The summed E-state index contributed by atoms with van der Waals surface area (Å²) in [6.07, 6.45) is 14.1. The highest BCUT2D eigenvalue weighted by Crippen LogP contribution is 2.34. The third-order valence-corrected chi connectivity index (χ3v) is 4.80. The lowest BCUT2D eigenvalue weighted by Gasteiger charge is -2.22. The van der Waals surface area contributed by atoms with E-state index in [0.29, 0.717) is 23.5 Å². The van der Waals surface area contributed by atoms with Gasteiger partial charge in [0.2, 0.25) is 0 Å². The lowest BCUT2D eigenvalue weighted by Crippen LogP contribution is -2.07. The second-order valence-electron chi connectivity index (χ2n) is 6.52. The summed E-state index contributed by atoms with van der Waals surface area (Å²) in [5.41, 5.74) is 1.95. The molecule has 0 saturated carbocycles. The van der Waals surface area contributed by atoms with Crippen molar-refractivity contribution in [2.45, 2.75) is 65.2 Å². The van der Waals surface area contributed by atoms with E-state index in [1.807, 2.05) is 6.92 Å². The van der Waals surface area contributed by atoms with Crippen LogP contribution in [0.2, 0.25) is 0 Å². The molecule has 1 aromatic rings. The van der Waals surface area contributed by atoms with E-state index < -0.39 is 11.6 Å². The molecule has 0 N–H and O–H groups in total. The lowest BCUT2D eigenvalue weighted by molar-refractivity contribution is 0.451. The monoisotopic (exact) mass is 318 g/mol. The van der Waals surface area contributed by atoms with Gasteiger partial charge in [-0.3, -0.25) is 0 Å². The first kappa shape index (κ1) is 17.9. The Kier molecular flexibility index (Phi) is 7.01. The van der Waals surface area contributed by atoms with Gasteiger partial charge >= 0.3 is 0 Å². The van der Waals surface area contributed by atoms with Crippen molar-refractivity contribution in [1.29, 1.82) is 0 Å². The van der Waals surface area contributed by atoms with Crippen LogP contribution >= 0.6 is 0 Å². The van der Waals surface area contributed by atoms with Gasteiger partial charge in [-0.2, -0.15) is 0 Å². The molecule has 0 fully saturated rings. The second kappa shape index (κ2) is 9.00. The SMILES string of the molecule is CC=CCCC1CC=C(c2ccc(CCCC)c(F)c2F)CC1. The summed E-state index contributed by atoms with van der Waals surface area (Å²) in [6, 6.07) is 3.54. The minimum absolute atomic E-state index is 0.467. The standard InChI is InChI=1S/C21H28F2/c1-3-5-7-8-16-10-12-17(13-11-16)19-15-14-18(9-6-4-2)20(22)21(19)23/h3,5,12,14-16H,4,6-11,13H2,1-2H3. The molecule has 0 amide bonds. The highest BCUT2D eigenvalue weighted by Gasteiger charge is 2.20. The zero-order valence-corrected chi connectivity index (χ0v) is 14.4. The van der Waals surface area contributed by atoms with Crippen LogP contribution < -0.4 is 0 Å². The fourth-order valence-corrected chi connectivity index (χ4v) is 3.29. The van der Waals surface area contributed by atoms with Crippen molar-refractivity contribution in [3.8, 4) is 0 Å². The van der Waals surface area contributed by atoms with E-state index in [2.05, 4.69) is 25.2 Å². The minimum atomic E-state index is -0.655. The van der Waals surface area contributed by atoms with Crippen molar-refractivity contribution in [3.05, 3.63) is 53.1 Å². The molecule has 0 saturated heterocycles. The molecule has 0 aliphatic heterocycles. The zero-order chi connectivity index (χ0) is 16.7. The van der Waals surface area contributed by atoms with Crippen LogP contribution in [0.5, 0.6) is 0 Å². The van der Waals surface area contributed by atoms with E-state index in [1.165, 1.54) is 6.42 Å². The normalized spacial score (nSPS) is 18.4. The van der Waals surface area contributed by atoms with E-state index in [-0.39, 0.29) is 0 Å². The number of unbranched alkanes of at least 4 members (excludes halogenated alkanes) is 1. The van der Waals surface area contributed by atoms with Gasteiger partial charge in [-0.25, -0.2) is 8.78 Å². The van der Waals surface area contributed by atoms with Crippen LogP contribution in [-0.4, -0.2) is 0 Å². The number of benzene rings is 1. The maximum Gasteiger partial charge on any atom is 0.166 e. The van der Waals surface area contributed by atoms with Crippen molar-refractivity contribution in [3.63, 3.8) is 0 Å². The van der Waals surface area contributed by atoms with Crippen molar-refractivity contribution in [2.75, 3.05) is 0 Å². The zero-order valence-electron chi connectivity index (χ0n) is 14.4. The molecule has 0 aromatic heterocycles. The van der Waals surface area contributed by atoms with Crippen LogP contribution in [0, 0.1) is 17.6 Å². The average Bonchev–Trinajstić information content (AvgIpc) is 2.57.